The molecule has 1 aromatic carbocycles. The molecule has 6 nitrogen and oxygen atoms in total. The fourth-order valence-electron chi connectivity index (χ4n) is 3.26. The van der Waals surface area contributed by atoms with Crippen molar-refractivity contribution in [3.8, 4) is 11.5 Å². The SMILES string of the molecule is COc1cc(CNC2CCCc3c2cnn3C)ccc1OCCO. The highest BCUT2D eigenvalue weighted by molar-refractivity contribution is 5.43. The molecule has 1 aliphatic carbocycles. The molecular weight excluding hydrogens is 306 g/mol. The van der Waals surface area contributed by atoms with Crippen molar-refractivity contribution < 1.29 is 14.6 Å². The third kappa shape index (κ3) is 3.55. The van der Waals surface area contributed by atoms with Crippen LogP contribution in [0.3, 0.4) is 0 Å². The average Bonchev–Trinajstić information content (AvgIpc) is 3.00. The van der Waals surface area contributed by atoms with E-state index in [2.05, 4.69) is 10.4 Å². The smallest absolute Gasteiger partial charge is 0.161 e. The quantitative estimate of drug-likeness (QED) is 0.812. The van der Waals surface area contributed by atoms with Crippen LogP contribution in [0.5, 0.6) is 11.5 Å². The van der Waals surface area contributed by atoms with E-state index in [1.54, 1.807) is 7.11 Å². The van der Waals surface area contributed by atoms with E-state index < -0.39 is 0 Å². The van der Waals surface area contributed by atoms with Crippen LogP contribution in [0.25, 0.3) is 0 Å². The van der Waals surface area contributed by atoms with Crippen molar-refractivity contribution in [3.63, 3.8) is 0 Å². The number of rotatable bonds is 7. The molecular formula is C18H25N3O3. The predicted molar refractivity (Wildman–Crippen MR) is 91.3 cm³/mol. The lowest BCUT2D eigenvalue weighted by Crippen LogP contribution is -2.24. The number of methoxy groups -OCH3 is 1. The zero-order chi connectivity index (χ0) is 16.9. The lowest BCUT2D eigenvalue weighted by molar-refractivity contribution is 0.196. The Balaban J connectivity index is 1.67. The molecule has 1 unspecified atom stereocenters. The molecule has 2 N–H and O–H groups in total. The van der Waals surface area contributed by atoms with E-state index in [1.807, 2.05) is 36.1 Å². The first kappa shape index (κ1) is 16.8. The van der Waals surface area contributed by atoms with Crippen LogP contribution in [0, 0.1) is 0 Å². The molecule has 24 heavy (non-hydrogen) atoms. The molecule has 0 amide bonds. The highest BCUT2D eigenvalue weighted by Crippen LogP contribution is 2.31. The van der Waals surface area contributed by atoms with Crippen LogP contribution < -0.4 is 14.8 Å². The van der Waals surface area contributed by atoms with E-state index in [0.717, 1.165) is 24.9 Å². The van der Waals surface area contributed by atoms with Gasteiger partial charge in [-0.25, -0.2) is 0 Å². The largest absolute Gasteiger partial charge is 0.493 e. The molecule has 1 heterocycles. The van der Waals surface area contributed by atoms with Crippen molar-refractivity contribution in [2.45, 2.75) is 31.8 Å². The number of nitrogens with one attached hydrogen (secondary N) is 1. The standard InChI is InChI=1S/C18H25N3O3/c1-21-16-5-3-4-15(14(16)12-20-21)19-11-13-6-7-17(24-9-8-22)18(10-13)23-2/h6-7,10,12,15,19,22H,3-5,8-9,11H2,1-2H3. The Hall–Kier alpha value is -2.05. The molecule has 130 valence electrons. The minimum absolute atomic E-state index is 0.0123. The van der Waals surface area contributed by atoms with E-state index in [-0.39, 0.29) is 13.2 Å². The minimum atomic E-state index is -0.0123. The average molecular weight is 331 g/mol. The molecule has 6 heteroatoms. The van der Waals surface area contributed by atoms with Gasteiger partial charge in [0, 0.05) is 30.9 Å². The van der Waals surface area contributed by atoms with E-state index in [1.165, 1.54) is 17.7 Å². The third-order valence-electron chi connectivity index (χ3n) is 4.51. The summed E-state index contributed by atoms with van der Waals surface area (Å²) in [6.45, 7) is 1.01. The van der Waals surface area contributed by atoms with Gasteiger partial charge in [-0.05, 0) is 37.0 Å². The summed E-state index contributed by atoms with van der Waals surface area (Å²) in [4.78, 5) is 0. The van der Waals surface area contributed by atoms with Gasteiger partial charge in [-0.15, -0.1) is 0 Å². The summed E-state index contributed by atoms with van der Waals surface area (Å²) in [5.41, 5.74) is 3.79. The van der Waals surface area contributed by atoms with Gasteiger partial charge in [-0.3, -0.25) is 4.68 Å². The Morgan fingerprint density at radius 3 is 3.04 bits per heavy atom. The topological polar surface area (TPSA) is 68.5 Å². The molecule has 0 saturated carbocycles. The van der Waals surface area contributed by atoms with Gasteiger partial charge in [0.25, 0.3) is 0 Å². The Morgan fingerprint density at radius 1 is 1.38 bits per heavy atom. The first-order valence-corrected chi connectivity index (χ1v) is 8.37. The van der Waals surface area contributed by atoms with Crippen LogP contribution in [-0.4, -0.2) is 35.2 Å². The van der Waals surface area contributed by atoms with Crippen molar-refractivity contribution in [1.29, 1.82) is 0 Å². The predicted octanol–water partition coefficient (Wildman–Crippen LogP) is 1.97. The van der Waals surface area contributed by atoms with E-state index in [0.29, 0.717) is 17.5 Å². The zero-order valence-corrected chi connectivity index (χ0v) is 14.3. The summed E-state index contributed by atoms with van der Waals surface area (Å²) in [5, 5.41) is 16.9. The van der Waals surface area contributed by atoms with Crippen LogP contribution in [0.1, 0.15) is 35.7 Å². The molecule has 1 atom stereocenters. The maximum Gasteiger partial charge on any atom is 0.161 e. The van der Waals surface area contributed by atoms with Gasteiger partial charge >= 0.3 is 0 Å². The number of aliphatic hydroxyl groups is 1. The van der Waals surface area contributed by atoms with Crippen molar-refractivity contribution in [2.75, 3.05) is 20.3 Å². The number of fused-ring (bicyclic) bond motifs is 1. The summed E-state index contributed by atoms with van der Waals surface area (Å²) < 4.78 is 12.8. The number of aromatic nitrogens is 2. The fraction of sp³-hybridized carbons (Fsp3) is 0.500. The van der Waals surface area contributed by atoms with Crippen molar-refractivity contribution in [2.24, 2.45) is 7.05 Å². The number of ether oxygens (including phenoxy) is 2. The highest BCUT2D eigenvalue weighted by atomic mass is 16.5. The maximum absolute atomic E-state index is 8.87. The van der Waals surface area contributed by atoms with Crippen LogP contribution in [0.4, 0.5) is 0 Å². The first-order chi connectivity index (χ1) is 11.7. The molecule has 2 aromatic rings. The number of aliphatic hydroxyl groups excluding tert-OH is 1. The van der Waals surface area contributed by atoms with Gasteiger partial charge < -0.3 is 19.9 Å². The van der Waals surface area contributed by atoms with Gasteiger partial charge in [-0.1, -0.05) is 6.07 Å². The second kappa shape index (κ2) is 7.68. The number of benzene rings is 1. The van der Waals surface area contributed by atoms with Crippen LogP contribution in [-0.2, 0) is 20.0 Å². The molecule has 0 aliphatic heterocycles. The number of nitrogens with zero attached hydrogens (tertiary/aromatic N) is 2. The van der Waals surface area contributed by atoms with Crippen LogP contribution >= 0.6 is 0 Å². The van der Waals surface area contributed by atoms with Crippen molar-refractivity contribution in [1.82, 2.24) is 15.1 Å². The summed E-state index contributed by atoms with van der Waals surface area (Å²) in [7, 11) is 3.64. The van der Waals surface area contributed by atoms with E-state index in [4.69, 9.17) is 14.6 Å². The van der Waals surface area contributed by atoms with Crippen LogP contribution in [0.2, 0.25) is 0 Å². The van der Waals surface area contributed by atoms with Crippen molar-refractivity contribution in [3.05, 3.63) is 41.2 Å². The lowest BCUT2D eigenvalue weighted by Gasteiger charge is -2.24. The Labute approximate surface area is 142 Å². The van der Waals surface area contributed by atoms with Gasteiger partial charge in [0.2, 0.25) is 0 Å². The van der Waals surface area contributed by atoms with Crippen molar-refractivity contribution >= 4 is 0 Å². The Morgan fingerprint density at radius 2 is 2.25 bits per heavy atom. The number of hydrogen-bond donors (Lipinski definition) is 2. The maximum atomic E-state index is 8.87. The Kier molecular flexibility index (Phi) is 5.37. The third-order valence-corrected chi connectivity index (χ3v) is 4.51. The van der Waals surface area contributed by atoms with E-state index >= 15 is 0 Å². The van der Waals surface area contributed by atoms with Gasteiger partial charge in [0.1, 0.15) is 6.61 Å². The fourth-order valence-corrected chi connectivity index (χ4v) is 3.26. The minimum Gasteiger partial charge on any atom is -0.493 e. The normalized spacial score (nSPS) is 16.7. The summed E-state index contributed by atoms with van der Waals surface area (Å²) >= 11 is 0. The molecule has 1 aromatic heterocycles. The molecule has 1 aliphatic rings. The molecule has 0 fully saturated rings. The summed E-state index contributed by atoms with van der Waals surface area (Å²) in [6.07, 6.45) is 5.41. The molecule has 0 saturated heterocycles. The second-order valence-corrected chi connectivity index (χ2v) is 6.05. The van der Waals surface area contributed by atoms with Crippen LogP contribution in [0.15, 0.2) is 24.4 Å². The van der Waals surface area contributed by atoms with Gasteiger partial charge in [-0.2, -0.15) is 5.10 Å². The summed E-state index contributed by atoms with van der Waals surface area (Å²) in [5.74, 6) is 1.34. The Bertz CT molecular complexity index is 684. The molecule has 0 spiro atoms. The van der Waals surface area contributed by atoms with E-state index in [9.17, 15) is 0 Å². The summed E-state index contributed by atoms with van der Waals surface area (Å²) in [6, 6.07) is 6.24. The highest BCUT2D eigenvalue weighted by Gasteiger charge is 2.22. The molecule has 3 rings (SSSR count). The first-order valence-electron chi connectivity index (χ1n) is 8.37. The van der Waals surface area contributed by atoms with Gasteiger partial charge in [0.15, 0.2) is 11.5 Å². The number of hydrogen-bond acceptors (Lipinski definition) is 5. The zero-order valence-electron chi connectivity index (χ0n) is 14.3. The van der Waals surface area contributed by atoms with Gasteiger partial charge in [0.05, 0.1) is 19.9 Å². The lowest BCUT2D eigenvalue weighted by atomic mass is 9.93. The second-order valence-electron chi connectivity index (χ2n) is 6.05. The molecule has 0 bridgehead atoms. The monoisotopic (exact) mass is 331 g/mol. The number of aryl methyl sites for hydroxylation is 1. The molecule has 0 radical (unpaired) electrons.